The normalized spacial score (nSPS) is 14.6. The van der Waals surface area contributed by atoms with Crippen LogP contribution in [0.15, 0.2) is 95.9 Å². The lowest BCUT2D eigenvalue weighted by Crippen LogP contribution is -2.27. The van der Waals surface area contributed by atoms with E-state index in [-0.39, 0.29) is 30.0 Å². The molecule has 1 aliphatic rings. The first-order valence-corrected chi connectivity index (χ1v) is 12.0. The van der Waals surface area contributed by atoms with Gasteiger partial charge in [-0.15, -0.1) is 0 Å². The van der Waals surface area contributed by atoms with Crippen LogP contribution in [0.5, 0.6) is 5.75 Å². The first-order chi connectivity index (χ1) is 17.5. The van der Waals surface area contributed by atoms with Crippen molar-refractivity contribution in [3.8, 4) is 5.75 Å². The molecule has 0 aliphatic carbocycles. The Hall–Kier alpha value is -4.43. The van der Waals surface area contributed by atoms with Crippen molar-refractivity contribution in [3.63, 3.8) is 0 Å². The predicted molar refractivity (Wildman–Crippen MR) is 139 cm³/mol. The topological polar surface area (TPSA) is 89.7 Å². The van der Waals surface area contributed by atoms with E-state index < -0.39 is 4.92 Å². The lowest BCUT2D eigenvalue weighted by atomic mass is 10.1. The van der Waals surface area contributed by atoms with E-state index >= 15 is 0 Å². The van der Waals surface area contributed by atoms with Crippen LogP contribution in [-0.4, -0.2) is 21.0 Å². The second-order valence-electron chi connectivity index (χ2n) is 8.20. The first kappa shape index (κ1) is 23.3. The summed E-state index contributed by atoms with van der Waals surface area (Å²) in [4.78, 5) is 38.0. The summed E-state index contributed by atoms with van der Waals surface area (Å²) in [5.41, 5.74) is 2.02. The molecule has 1 fully saturated rings. The Kier molecular flexibility index (Phi) is 6.51. The quantitative estimate of drug-likeness (QED) is 0.163. The van der Waals surface area contributed by atoms with E-state index in [0.717, 1.165) is 28.1 Å². The van der Waals surface area contributed by atoms with Gasteiger partial charge < -0.3 is 4.74 Å². The summed E-state index contributed by atoms with van der Waals surface area (Å²) in [6.07, 6.45) is 1.66. The molecule has 1 aliphatic heterocycles. The van der Waals surface area contributed by atoms with Gasteiger partial charge in [0.15, 0.2) is 0 Å². The minimum Gasteiger partial charge on any atom is -0.489 e. The van der Waals surface area contributed by atoms with Crippen LogP contribution < -0.4 is 4.74 Å². The molecule has 1 saturated heterocycles. The third-order valence-corrected chi connectivity index (χ3v) is 6.67. The van der Waals surface area contributed by atoms with Crippen molar-refractivity contribution in [2.75, 3.05) is 0 Å². The Morgan fingerprint density at radius 2 is 1.67 bits per heavy atom. The molecule has 1 heterocycles. The lowest BCUT2D eigenvalue weighted by Gasteiger charge is -2.13. The highest BCUT2D eigenvalue weighted by molar-refractivity contribution is 8.18. The molecule has 0 saturated carbocycles. The highest BCUT2D eigenvalue weighted by Gasteiger charge is 2.35. The van der Waals surface area contributed by atoms with Crippen LogP contribution in [0, 0.1) is 10.1 Å². The molecule has 0 aromatic heterocycles. The molecule has 4 aromatic carbocycles. The number of nitro groups is 1. The molecule has 0 unspecified atom stereocenters. The molecule has 0 N–H and O–H groups in total. The molecule has 0 bridgehead atoms. The number of ether oxygens (including phenoxy) is 1. The molecular formula is C28H20N2O5S. The smallest absolute Gasteiger partial charge is 0.293 e. The molecule has 8 heteroatoms. The van der Waals surface area contributed by atoms with E-state index in [9.17, 15) is 19.7 Å². The molecular weight excluding hydrogens is 476 g/mol. The van der Waals surface area contributed by atoms with Crippen LogP contribution in [0.4, 0.5) is 10.5 Å². The van der Waals surface area contributed by atoms with Gasteiger partial charge in [-0.25, -0.2) is 0 Å². The zero-order valence-corrected chi connectivity index (χ0v) is 19.8. The van der Waals surface area contributed by atoms with Crippen molar-refractivity contribution in [2.24, 2.45) is 0 Å². The fraction of sp³-hybridized carbons (Fsp3) is 0.0714. The number of imide groups is 1. The third kappa shape index (κ3) is 4.99. The maximum absolute atomic E-state index is 13.0. The van der Waals surface area contributed by atoms with Crippen LogP contribution >= 0.6 is 11.8 Å². The number of nitrogens with zero attached hydrogens (tertiary/aromatic N) is 2. The molecule has 4 aromatic rings. The molecule has 0 atom stereocenters. The summed E-state index contributed by atoms with van der Waals surface area (Å²) in [7, 11) is 0. The first-order valence-electron chi connectivity index (χ1n) is 11.2. The average Bonchev–Trinajstić information content (AvgIpc) is 3.15. The van der Waals surface area contributed by atoms with Gasteiger partial charge >= 0.3 is 0 Å². The number of carbonyl (C=O) groups excluding carboxylic acids is 2. The minimum atomic E-state index is -0.441. The Morgan fingerprint density at radius 3 is 2.50 bits per heavy atom. The predicted octanol–water partition coefficient (Wildman–Crippen LogP) is 6.56. The van der Waals surface area contributed by atoms with Crippen molar-refractivity contribution in [1.82, 2.24) is 4.90 Å². The molecule has 7 nitrogen and oxygen atoms in total. The maximum atomic E-state index is 13.0. The van der Waals surface area contributed by atoms with E-state index in [1.807, 2.05) is 42.5 Å². The number of fused-ring (bicyclic) bond motifs is 1. The van der Waals surface area contributed by atoms with Gasteiger partial charge in [0.2, 0.25) is 0 Å². The van der Waals surface area contributed by atoms with Gasteiger partial charge in [-0.05, 0) is 64.0 Å². The van der Waals surface area contributed by atoms with Crippen molar-refractivity contribution in [3.05, 3.63) is 123 Å². The minimum absolute atomic E-state index is 0.00579. The number of rotatable bonds is 7. The van der Waals surface area contributed by atoms with Gasteiger partial charge in [0.1, 0.15) is 12.4 Å². The summed E-state index contributed by atoms with van der Waals surface area (Å²) in [5, 5.41) is 13.0. The van der Waals surface area contributed by atoms with E-state index in [1.54, 1.807) is 48.5 Å². The SMILES string of the molecule is O=C1S/C(=C\c2cccc(OCc3ccccc3[N+](=O)[O-])c2)C(=O)N1Cc1ccc2ccccc2c1. The second kappa shape index (κ2) is 10.1. The zero-order valence-electron chi connectivity index (χ0n) is 19.0. The summed E-state index contributed by atoms with van der Waals surface area (Å²) in [6.45, 7) is 0.231. The molecule has 0 radical (unpaired) electrons. The van der Waals surface area contributed by atoms with Gasteiger partial charge in [0.05, 0.1) is 21.9 Å². The van der Waals surface area contributed by atoms with Crippen LogP contribution in [0.3, 0.4) is 0 Å². The van der Waals surface area contributed by atoms with Crippen LogP contribution in [0.25, 0.3) is 16.8 Å². The summed E-state index contributed by atoms with van der Waals surface area (Å²) in [6, 6.07) is 27.3. The zero-order chi connectivity index (χ0) is 25.1. The fourth-order valence-corrected chi connectivity index (χ4v) is 4.81. The number of carbonyl (C=O) groups is 2. The van der Waals surface area contributed by atoms with Gasteiger partial charge in [0, 0.05) is 6.07 Å². The van der Waals surface area contributed by atoms with Crippen molar-refractivity contribution < 1.29 is 19.2 Å². The molecule has 2 amide bonds. The van der Waals surface area contributed by atoms with Crippen molar-refractivity contribution >= 4 is 45.4 Å². The lowest BCUT2D eigenvalue weighted by molar-refractivity contribution is -0.385. The van der Waals surface area contributed by atoms with E-state index in [4.69, 9.17) is 4.74 Å². The van der Waals surface area contributed by atoms with Crippen LogP contribution in [0.2, 0.25) is 0 Å². The van der Waals surface area contributed by atoms with E-state index in [1.165, 1.54) is 11.0 Å². The third-order valence-electron chi connectivity index (χ3n) is 5.77. The highest BCUT2D eigenvalue weighted by Crippen LogP contribution is 2.34. The summed E-state index contributed by atoms with van der Waals surface area (Å²) in [5.74, 6) is 0.154. The summed E-state index contributed by atoms with van der Waals surface area (Å²) >= 11 is 0.904. The fourth-order valence-electron chi connectivity index (χ4n) is 3.97. The van der Waals surface area contributed by atoms with E-state index in [2.05, 4.69) is 0 Å². The number of hydrogen-bond acceptors (Lipinski definition) is 6. The molecule has 0 spiro atoms. The van der Waals surface area contributed by atoms with Crippen molar-refractivity contribution in [1.29, 1.82) is 0 Å². The van der Waals surface area contributed by atoms with Gasteiger partial charge in [-0.3, -0.25) is 24.6 Å². The highest BCUT2D eigenvalue weighted by atomic mass is 32.2. The van der Waals surface area contributed by atoms with Crippen LogP contribution in [0.1, 0.15) is 16.7 Å². The Morgan fingerprint density at radius 1 is 0.889 bits per heavy atom. The number of para-hydroxylation sites is 1. The average molecular weight is 497 g/mol. The van der Waals surface area contributed by atoms with Crippen molar-refractivity contribution in [2.45, 2.75) is 13.2 Å². The second-order valence-corrected chi connectivity index (χ2v) is 9.19. The van der Waals surface area contributed by atoms with Gasteiger partial charge in [-0.1, -0.05) is 60.7 Å². The van der Waals surface area contributed by atoms with Gasteiger partial charge in [-0.2, -0.15) is 0 Å². The standard InChI is InChI=1S/C28H20N2O5S/c31-27-26(36-28(32)29(27)17-20-12-13-21-7-1-2-8-22(21)14-20)16-19-6-5-10-24(15-19)35-18-23-9-3-4-11-25(23)30(33)34/h1-16H,17-18H2/b26-16-. The number of amides is 2. The largest absolute Gasteiger partial charge is 0.489 e. The summed E-state index contributed by atoms with van der Waals surface area (Å²) < 4.78 is 5.77. The Bertz CT molecular complexity index is 1530. The monoisotopic (exact) mass is 496 g/mol. The Balaban J connectivity index is 1.30. The molecule has 178 valence electrons. The number of benzene rings is 4. The maximum Gasteiger partial charge on any atom is 0.293 e. The number of thioether (sulfide) groups is 1. The number of hydrogen-bond donors (Lipinski definition) is 0. The number of nitro benzene ring substituents is 1. The molecule has 5 rings (SSSR count). The Labute approximate surface area is 211 Å². The van der Waals surface area contributed by atoms with E-state index in [0.29, 0.717) is 21.8 Å². The van der Waals surface area contributed by atoms with Gasteiger partial charge in [0.25, 0.3) is 16.8 Å². The van der Waals surface area contributed by atoms with Crippen LogP contribution in [-0.2, 0) is 17.9 Å². The molecule has 36 heavy (non-hydrogen) atoms.